The van der Waals surface area contributed by atoms with Gasteiger partial charge in [-0.05, 0) is 52.3 Å². The van der Waals surface area contributed by atoms with E-state index < -0.39 is 11.4 Å². The molecule has 0 aromatic carbocycles. The molecule has 0 heterocycles. The van der Waals surface area contributed by atoms with Gasteiger partial charge in [-0.3, -0.25) is 0 Å². The molecule has 0 aromatic heterocycles. The number of rotatable bonds is 7. The lowest BCUT2D eigenvalue weighted by molar-refractivity contribution is 0.291. The third-order valence-electron chi connectivity index (χ3n) is 3.32. The number of hydrogen-bond donors (Lipinski definition) is 1. The average Bonchev–Trinajstić information content (AvgIpc) is 2.40. The summed E-state index contributed by atoms with van der Waals surface area (Å²) in [5.74, 6) is 0.476. The van der Waals surface area contributed by atoms with Crippen LogP contribution in [0.5, 0.6) is 0 Å². The number of methoxy groups -OCH3 is 1. The first-order chi connectivity index (χ1) is 10.3. The van der Waals surface area contributed by atoms with Gasteiger partial charge in [-0.25, -0.2) is 4.99 Å². The van der Waals surface area contributed by atoms with Crippen molar-refractivity contribution in [2.24, 2.45) is 10.4 Å². The summed E-state index contributed by atoms with van der Waals surface area (Å²) in [6.07, 6.45) is 2.57. The van der Waals surface area contributed by atoms with Crippen molar-refractivity contribution in [2.45, 2.75) is 65.7 Å². The van der Waals surface area contributed by atoms with Crippen LogP contribution in [0.1, 0.15) is 54.9 Å². The summed E-state index contributed by atoms with van der Waals surface area (Å²) in [7, 11) is 1.54. The third-order valence-corrected chi connectivity index (χ3v) is 5.23. The van der Waals surface area contributed by atoms with Gasteiger partial charge in [-0.15, -0.1) is 4.72 Å². The van der Waals surface area contributed by atoms with Gasteiger partial charge < -0.3 is 9.29 Å². The summed E-state index contributed by atoms with van der Waals surface area (Å²) in [5, 5.41) is 0.227. The van der Waals surface area contributed by atoms with E-state index in [4.69, 9.17) is 16.3 Å². The van der Waals surface area contributed by atoms with Crippen molar-refractivity contribution in [1.82, 2.24) is 4.72 Å². The Morgan fingerprint density at radius 1 is 1.35 bits per heavy atom. The highest BCUT2D eigenvalue weighted by Crippen LogP contribution is 2.28. The summed E-state index contributed by atoms with van der Waals surface area (Å²) >= 11 is 4.83. The molecule has 0 aliphatic carbocycles. The second-order valence-electron chi connectivity index (χ2n) is 7.63. The van der Waals surface area contributed by atoms with E-state index in [1.54, 1.807) is 7.11 Å². The Morgan fingerprint density at radius 3 is 2.22 bits per heavy atom. The molecule has 134 valence electrons. The van der Waals surface area contributed by atoms with Gasteiger partial charge in [0, 0.05) is 11.4 Å². The molecule has 0 saturated heterocycles. The standard InChI is InChI=1S/C17H31ClN2O2S/c1-12(10-13(22-9)15(18)19-8)11-14(16(2,3)4)20-23(21)17(5,6)7/h10,14,20H,8,11H2,1-7,9H3/b12-10+,15-13+/t14-,23?/m0/s1. The van der Waals surface area contributed by atoms with Crippen LogP contribution >= 0.6 is 11.6 Å². The Balaban J connectivity index is 5.30. The quantitative estimate of drug-likeness (QED) is 0.238. The highest BCUT2D eigenvalue weighted by molar-refractivity contribution is 7.90. The van der Waals surface area contributed by atoms with Gasteiger partial charge in [0.05, 0.1) is 13.2 Å². The van der Waals surface area contributed by atoms with Gasteiger partial charge in [-0.1, -0.05) is 37.9 Å². The predicted molar refractivity (Wildman–Crippen MR) is 102 cm³/mol. The molecule has 0 saturated carbocycles. The Labute approximate surface area is 149 Å². The Kier molecular flexibility index (Phi) is 8.92. The van der Waals surface area contributed by atoms with Crippen molar-refractivity contribution in [1.29, 1.82) is 0 Å². The molecule has 0 aliphatic rings. The van der Waals surface area contributed by atoms with Crippen LogP contribution in [0.3, 0.4) is 0 Å². The SMILES string of the molecule is C=N/C(Cl)=C(\C=C(/C)C[C@H](N[S+]([O-])C(C)(C)C)C(C)(C)C)OC. The van der Waals surface area contributed by atoms with Gasteiger partial charge in [0.15, 0.2) is 10.9 Å². The minimum atomic E-state index is -1.13. The van der Waals surface area contributed by atoms with Crippen molar-refractivity contribution in [2.75, 3.05) is 7.11 Å². The van der Waals surface area contributed by atoms with E-state index in [1.807, 2.05) is 33.8 Å². The molecule has 4 nitrogen and oxygen atoms in total. The Morgan fingerprint density at radius 2 is 1.87 bits per heavy atom. The first-order valence-electron chi connectivity index (χ1n) is 7.58. The minimum Gasteiger partial charge on any atom is -0.598 e. The van der Waals surface area contributed by atoms with Gasteiger partial charge in [0.25, 0.3) is 0 Å². The van der Waals surface area contributed by atoms with Crippen molar-refractivity contribution in [3.8, 4) is 0 Å². The normalized spacial score (nSPS) is 17.4. The Hall–Kier alpha value is -0.490. The third kappa shape index (κ3) is 8.25. The molecule has 0 fully saturated rings. The molecule has 23 heavy (non-hydrogen) atoms. The number of ether oxygens (including phenoxy) is 1. The van der Waals surface area contributed by atoms with E-state index in [-0.39, 0.29) is 21.4 Å². The second-order valence-corrected chi connectivity index (χ2v) is 9.99. The highest BCUT2D eigenvalue weighted by Gasteiger charge is 2.34. The number of halogens is 1. The molecule has 0 rings (SSSR count). The molecule has 1 unspecified atom stereocenters. The summed E-state index contributed by atoms with van der Waals surface area (Å²) in [5.41, 5.74) is 1.01. The van der Waals surface area contributed by atoms with Crippen LogP contribution in [0, 0.1) is 5.41 Å². The van der Waals surface area contributed by atoms with Gasteiger partial charge >= 0.3 is 0 Å². The van der Waals surface area contributed by atoms with Crippen molar-refractivity contribution in [3.05, 3.63) is 22.6 Å². The van der Waals surface area contributed by atoms with E-state index in [2.05, 4.69) is 37.2 Å². The van der Waals surface area contributed by atoms with Crippen LogP contribution < -0.4 is 4.72 Å². The molecule has 0 aliphatic heterocycles. The maximum atomic E-state index is 12.4. The highest BCUT2D eigenvalue weighted by atomic mass is 35.5. The fraction of sp³-hybridized carbons (Fsp3) is 0.706. The van der Waals surface area contributed by atoms with E-state index in [0.717, 1.165) is 12.0 Å². The van der Waals surface area contributed by atoms with Crippen LogP contribution in [0.15, 0.2) is 27.6 Å². The molecular formula is C17H31ClN2O2S. The number of nitrogens with zero attached hydrogens (tertiary/aromatic N) is 1. The maximum absolute atomic E-state index is 12.4. The topological polar surface area (TPSA) is 56.7 Å². The van der Waals surface area contributed by atoms with E-state index >= 15 is 0 Å². The van der Waals surface area contributed by atoms with Crippen molar-refractivity contribution >= 4 is 29.7 Å². The van der Waals surface area contributed by atoms with E-state index in [0.29, 0.717) is 5.76 Å². The number of allylic oxidation sites excluding steroid dienone is 1. The first kappa shape index (κ1) is 22.5. The minimum absolute atomic E-state index is 0.0482. The average molecular weight is 363 g/mol. The van der Waals surface area contributed by atoms with Gasteiger partial charge in [0.2, 0.25) is 0 Å². The van der Waals surface area contributed by atoms with Gasteiger partial charge in [0.1, 0.15) is 4.75 Å². The zero-order valence-corrected chi connectivity index (χ0v) is 17.2. The van der Waals surface area contributed by atoms with Crippen LogP contribution in [-0.2, 0) is 16.1 Å². The molecule has 0 aromatic rings. The lowest BCUT2D eigenvalue weighted by atomic mass is 9.84. The molecule has 0 bridgehead atoms. The summed E-state index contributed by atoms with van der Waals surface area (Å²) in [6.45, 7) is 17.7. The second kappa shape index (κ2) is 9.11. The molecule has 6 heteroatoms. The zero-order valence-electron chi connectivity index (χ0n) is 15.6. The molecule has 0 radical (unpaired) electrons. The first-order valence-corrected chi connectivity index (χ1v) is 9.11. The summed E-state index contributed by atoms with van der Waals surface area (Å²) in [4.78, 5) is 3.68. The molecular weight excluding hydrogens is 332 g/mol. The van der Waals surface area contributed by atoms with Crippen molar-refractivity contribution in [3.63, 3.8) is 0 Å². The Bertz CT molecular complexity index is 462. The van der Waals surface area contributed by atoms with Crippen LogP contribution in [0.25, 0.3) is 0 Å². The smallest absolute Gasteiger partial charge is 0.170 e. The van der Waals surface area contributed by atoms with E-state index in [9.17, 15) is 4.55 Å². The van der Waals surface area contributed by atoms with Gasteiger partial charge in [-0.2, -0.15) is 0 Å². The molecule has 0 amide bonds. The number of nitrogens with one attached hydrogen (secondary N) is 1. The maximum Gasteiger partial charge on any atom is 0.170 e. The lowest BCUT2D eigenvalue weighted by Crippen LogP contribution is -2.49. The van der Waals surface area contributed by atoms with Crippen LogP contribution in [0.4, 0.5) is 0 Å². The number of hydrogen-bond acceptors (Lipinski definition) is 4. The zero-order chi connectivity index (χ0) is 18.4. The summed E-state index contributed by atoms with van der Waals surface area (Å²) < 4.78 is 20.6. The summed E-state index contributed by atoms with van der Waals surface area (Å²) in [6, 6.07) is 0.0485. The largest absolute Gasteiger partial charge is 0.598 e. The van der Waals surface area contributed by atoms with Crippen molar-refractivity contribution < 1.29 is 9.29 Å². The molecule has 2 atom stereocenters. The van der Waals surface area contributed by atoms with Crippen LogP contribution in [0.2, 0.25) is 0 Å². The van der Waals surface area contributed by atoms with Crippen LogP contribution in [-0.4, -0.2) is 29.2 Å². The molecule has 1 N–H and O–H groups in total. The molecule has 0 spiro atoms. The number of aliphatic imine (C=N–C) groups is 1. The van der Waals surface area contributed by atoms with E-state index in [1.165, 1.54) is 0 Å². The predicted octanol–water partition coefficient (Wildman–Crippen LogP) is 4.54. The monoisotopic (exact) mass is 362 g/mol. The fourth-order valence-corrected chi connectivity index (χ4v) is 2.90. The fourth-order valence-electron chi connectivity index (χ4n) is 1.72. The lowest BCUT2D eigenvalue weighted by Gasteiger charge is -2.35.